The molecule has 4 nitrogen and oxygen atoms in total. The molecule has 21 heavy (non-hydrogen) atoms. The predicted octanol–water partition coefficient (Wildman–Crippen LogP) is 3.13. The maximum atomic E-state index is 12.3. The van der Waals surface area contributed by atoms with Crippen LogP contribution in [0, 0.1) is 5.41 Å². The first-order chi connectivity index (χ1) is 10.1. The van der Waals surface area contributed by atoms with Crippen LogP contribution in [-0.2, 0) is 0 Å². The maximum absolute atomic E-state index is 12.3. The molecule has 1 heterocycles. The standard InChI is InChI=1S/C17H21N3O/c1-2-7-17(8-9-17)11-19-16(21)15-10-13(18)12-5-3-4-6-14(12)20-15/h3-6,10H,2,7-9,11H2,1H3,(H2,18,20)(H,19,21). The van der Waals surface area contributed by atoms with E-state index < -0.39 is 0 Å². The highest BCUT2D eigenvalue weighted by molar-refractivity contribution is 5.99. The highest BCUT2D eigenvalue weighted by Gasteiger charge is 2.41. The first kappa shape index (κ1) is 13.9. The zero-order valence-corrected chi connectivity index (χ0v) is 12.4. The van der Waals surface area contributed by atoms with Crippen LogP contribution in [0.25, 0.3) is 10.9 Å². The number of nitrogen functional groups attached to an aromatic ring is 1. The molecule has 0 radical (unpaired) electrons. The molecule has 1 amide bonds. The number of rotatable bonds is 5. The molecule has 3 rings (SSSR count). The van der Waals surface area contributed by atoms with Gasteiger partial charge in [-0.15, -0.1) is 0 Å². The van der Waals surface area contributed by atoms with Gasteiger partial charge in [0.15, 0.2) is 0 Å². The van der Waals surface area contributed by atoms with E-state index in [1.54, 1.807) is 6.07 Å². The molecule has 2 aromatic rings. The Bertz CT molecular complexity index is 677. The summed E-state index contributed by atoms with van der Waals surface area (Å²) in [6.07, 6.45) is 4.78. The number of benzene rings is 1. The first-order valence-electron chi connectivity index (χ1n) is 7.57. The summed E-state index contributed by atoms with van der Waals surface area (Å²) in [4.78, 5) is 16.7. The van der Waals surface area contributed by atoms with Crippen molar-refractivity contribution in [3.05, 3.63) is 36.0 Å². The summed E-state index contributed by atoms with van der Waals surface area (Å²) in [6, 6.07) is 9.28. The molecule has 0 unspecified atom stereocenters. The molecule has 1 fully saturated rings. The van der Waals surface area contributed by atoms with Crippen LogP contribution in [0.3, 0.4) is 0 Å². The van der Waals surface area contributed by atoms with Gasteiger partial charge < -0.3 is 11.1 Å². The van der Waals surface area contributed by atoms with Crippen LogP contribution in [0.5, 0.6) is 0 Å². The fourth-order valence-corrected chi connectivity index (χ4v) is 2.90. The lowest BCUT2D eigenvalue weighted by atomic mass is 10.0. The number of nitrogens with zero attached hydrogens (tertiary/aromatic N) is 1. The maximum Gasteiger partial charge on any atom is 0.270 e. The van der Waals surface area contributed by atoms with E-state index in [2.05, 4.69) is 17.2 Å². The Morgan fingerprint density at radius 1 is 1.38 bits per heavy atom. The molecule has 1 saturated carbocycles. The van der Waals surface area contributed by atoms with Crippen molar-refractivity contribution < 1.29 is 4.79 Å². The topological polar surface area (TPSA) is 68.0 Å². The van der Waals surface area contributed by atoms with E-state index >= 15 is 0 Å². The number of para-hydroxylation sites is 1. The monoisotopic (exact) mass is 283 g/mol. The fraction of sp³-hybridized carbons (Fsp3) is 0.412. The van der Waals surface area contributed by atoms with Crippen LogP contribution in [0.2, 0.25) is 0 Å². The van der Waals surface area contributed by atoms with E-state index in [1.165, 1.54) is 19.3 Å². The second kappa shape index (κ2) is 5.35. The predicted molar refractivity (Wildman–Crippen MR) is 85.1 cm³/mol. The molecule has 0 spiro atoms. The molecular weight excluding hydrogens is 262 g/mol. The van der Waals surface area contributed by atoms with Gasteiger partial charge in [-0.05, 0) is 36.8 Å². The van der Waals surface area contributed by atoms with Crippen LogP contribution >= 0.6 is 0 Å². The minimum atomic E-state index is -0.130. The van der Waals surface area contributed by atoms with Crippen molar-refractivity contribution in [3.63, 3.8) is 0 Å². The molecule has 3 N–H and O–H groups in total. The molecule has 0 bridgehead atoms. The zero-order valence-electron chi connectivity index (χ0n) is 12.4. The minimum absolute atomic E-state index is 0.130. The Hall–Kier alpha value is -2.10. The summed E-state index contributed by atoms with van der Waals surface area (Å²) in [5.41, 5.74) is 8.12. The number of aromatic nitrogens is 1. The van der Waals surface area contributed by atoms with E-state index in [-0.39, 0.29) is 5.91 Å². The summed E-state index contributed by atoms with van der Waals surface area (Å²) >= 11 is 0. The molecular formula is C17H21N3O. The van der Waals surface area contributed by atoms with Crippen LogP contribution in [-0.4, -0.2) is 17.4 Å². The van der Waals surface area contributed by atoms with Gasteiger partial charge in [0.05, 0.1) is 5.52 Å². The van der Waals surface area contributed by atoms with Gasteiger partial charge in [0, 0.05) is 17.6 Å². The Kier molecular flexibility index (Phi) is 3.53. The highest BCUT2D eigenvalue weighted by atomic mass is 16.1. The number of fused-ring (bicyclic) bond motifs is 1. The number of pyridine rings is 1. The van der Waals surface area contributed by atoms with Crippen molar-refractivity contribution in [1.82, 2.24) is 10.3 Å². The molecule has 0 saturated heterocycles. The summed E-state index contributed by atoms with van der Waals surface area (Å²) in [7, 11) is 0. The fourth-order valence-electron chi connectivity index (χ4n) is 2.90. The van der Waals surface area contributed by atoms with Gasteiger partial charge in [0.2, 0.25) is 0 Å². The average molecular weight is 283 g/mol. The zero-order chi connectivity index (χ0) is 14.9. The van der Waals surface area contributed by atoms with E-state index in [9.17, 15) is 4.79 Å². The molecule has 1 aromatic heterocycles. The van der Waals surface area contributed by atoms with E-state index in [1.807, 2.05) is 24.3 Å². The molecule has 1 aliphatic rings. The van der Waals surface area contributed by atoms with Gasteiger partial charge in [-0.2, -0.15) is 0 Å². The number of amides is 1. The van der Waals surface area contributed by atoms with Crippen LogP contribution in [0.1, 0.15) is 43.1 Å². The lowest BCUT2D eigenvalue weighted by Crippen LogP contribution is -2.30. The molecule has 4 heteroatoms. The van der Waals surface area contributed by atoms with E-state index in [4.69, 9.17) is 5.73 Å². The Morgan fingerprint density at radius 3 is 2.86 bits per heavy atom. The average Bonchev–Trinajstić information content (AvgIpc) is 3.25. The first-order valence-corrected chi connectivity index (χ1v) is 7.57. The normalized spacial score (nSPS) is 15.9. The number of anilines is 1. The largest absolute Gasteiger partial charge is 0.398 e. The lowest BCUT2D eigenvalue weighted by molar-refractivity contribution is 0.0939. The van der Waals surface area contributed by atoms with Crippen LogP contribution in [0.4, 0.5) is 5.69 Å². The highest BCUT2D eigenvalue weighted by Crippen LogP contribution is 2.48. The second-order valence-corrected chi connectivity index (χ2v) is 6.05. The Balaban J connectivity index is 1.76. The summed E-state index contributed by atoms with van der Waals surface area (Å²) in [6.45, 7) is 2.93. The summed E-state index contributed by atoms with van der Waals surface area (Å²) in [5, 5.41) is 3.91. The third-order valence-corrected chi connectivity index (χ3v) is 4.34. The van der Waals surface area contributed by atoms with Crippen molar-refractivity contribution in [2.24, 2.45) is 5.41 Å². The number of nitrogens with one attached hydrogen (secondary N) is 1. The van der Waals surface area contributed by atoms with Crippen LogP contribution < -0.4 is 11.1 Å². The smallest absolute Gasteiger partial charge is 0.270 e. The number of nitrogens with two attached hydrogens (primary N) is 1. The SMILES string of the molecule is CCCC1(CNC(=O)c2cc(N)c3ccccc3n2)CC1. The number of carbonyl (C=O) groups excluding carboxylic acids is 1. The molecule has 1 aromatic carbocycles. The Morgan fingerprint density at radius 2 is 2.14 bits per heavy atom. The Labute approximate surface area is 124 Å². The molecule has 1 aliphatic carbocycles. The molecule has 0 atom stereocenters. The number of carbonyl (C=O) groups is 1. The van der Waals surface area contributed by atoms with Gasteiger partial charge in [-0.3, -0.25) is 4.79 Å². The van der Waals surface area contributed by atoms with Gasteiger partial charge in [-0.25, -0.2) is 4.98 Å². The van der Waals surface area contributed by atoms with Crippen molar-refractivity contribution >= 4 is 22.5 Å². The van der Waals surface area contributed by atoms with Crippen molar-refractivity contribution in [2.45, 2.75) is 32.6 Å². The van der Waals surface area contributed by atoms with E-state index in [0.29, 0.717) is 16.8 Å². The minimum Gasteiger partial charge on any atom is -0.398 e. The number of hydrogen-bond donors (Lipinski definition) is 2. The van der Waals surface area contributed by atoms with Gasteiger partial charge in [0.1, 0.15) is 5.69 Å². The third kappa shape index (κ3) is 2.84. The van der Waals surface area contributed by atoms with Gasteiger partial charge >= 0.3 is 0 Å². The van der Waals surface area contributed by atoms with Crippen LogP contribution in [0.15, 0.2) is 30.3 Å². The quantitative estimate of drug-likeness (QED) is 0.885. The van der Waals surface area contributed by atoms with Gasteiger partial charge in [0.25, 0.3) is 5.91 Å². The summed E-state index contributed by atoms with van der Waals surface area (Å²) < 4.78 is 0. The van der Waals surface area contributed by atoms with Crippen molar-refractivity contribution in [3.8, 4) is 0 Å². The lowest BCUT2D eigenvalue weighted by Gasteiger charge is -2.15. The van der Waals surface area contributed by atoms with Crippen molar-refractivity contribution in [1.29, 1.82) is 0 Å². The number of hydrogen-bond acceptors (Lipinski definition) is 3. The second-order valence-electron chi connectivity index (χ2n) is 6.05. The van der Waals surface area contributed by atoms with E-state index in [0.717, 1.165) is 23.9 Å². The molecule has 0 aliphatic heterocycles. The summed E-state index contributed by atoms with van der Waals surface area (Å²) in [5.74, 6) is -0.130. The third-order valence-electron chi connectivity index (χ3n) is 4.34. The van der Waals surface area contributed by atoms with Gasteiger partial charge in [-0.1, -0.05) is 31.5 Å². The van der Waals surface area contributed by atoms with Crippen molar-refractivity contribution in [2.75, 3.05) is 12.3 Å². The molecule has 110 valence electrons.